The van der Waals surface area contributed by atoms with Gasteiger partial charge in [-0.3, -0.25) is 4.79 Å². The molecule has 1 aromatic heterocycles. The van der Waals surface area contributed by atoms with Gasteiger partial charge in [0.05, 0.1) is 6.61 Å². The van der Waals surface area contributed by atoms with Gasteiger partial charge in [-0.1, -0.05) is 55.4 Å². The van der Waals surface area contributed by atoms with Crippen molar-refractivity contribution in [1.82, 2.24) is 15.5 Å². The summed E-state index contributed by atoms with van der Waals surface area (Å²) in [7, 11) is 0. The second-order valence-electron chi connectivity index (χ2n) is 9.42. The lowest BCUT2D eigenvalue weighted by Crippen LogP contribution is -2.44. The maximum absolute atomic E-state index is 12.7. The predicted molar refractivity (Wildman–Crippen MR) is 134 cm³/mol. The normalized spacial score (nSPS) is 15.2. The lowest BCUT2D eigenvalue weighted by Gasteiger charge is -2.38. The van der Waals surface area contributed by atoms with Crippen molar-refractivity contribution in [2.24, 2.45) is 0 Å². The third kappa shape index (κ3) is 6.28. The van der Waals surface area contributed by atoms with E-state index in [9.17, 15) is 4.79 Å². The number of carbonyl (C=O) groups excluding carboxylic acids is 1. The first-order chi connectivity index (χ1) is 17.0. The van der Waals surface area contributed by atoms with Gasteiger partial charge in [-0.25, -0.2) is 0 Å². The van der Waals surface area contributed by atoms with Crippen LogP contribution in [0.2, 0.25) is 0 Å². The summed E-state index contributed by atoms with van der Waals surface area (Å²) in [6, 6.07) is 16.4. The van der Waals surface area contributed by atoms with E-state index in [2.05, 4.69) is 53.6 Å². The van der Waals surface area contributed by atoms with Crippen LogP contribution in [0.25, 0.3) is 11.4 Å². The summed E-state index contributed by atoms with van der Waals surface area (Å²) in [5.74, 6) is 2.32. The third-order valence-corrected chi connectivity index (χ3v) is 6.72. The van der Waals surface area contributed by atoms with Crippen LogP contribution in [0, 0.1) is 0 Å². The Balaban J connectivity index is 1.33. The molecule has 7 nitrogen and oxygen atoms in total. The number of nitrogens with one attached hydrogen (secondary N) is 1. The first kappa shape index (κ1) is 24.9. The Hall–Kier alpha value is -3.19. The molecule has 1 aliphatic heterocycles. The number of ether oxygens (including phenoxy) is 2. The van der Waals surface area contributed by atoms with Gasteiger partial charge in [0, 0.05) is 43.6 Å². The number of carbonyl (C=O) groups is 1. The van der Waals surface area contributed by atoms with Gasteiger partial charge in [-0.2, -0.15) is 4.98 Å². The van der Waals surface area contributed by atoms with Gasteiger partial charge < -0.3 is 19.3 Å². The molecular formula is C28H35N3O4. The zero-order chi connectivity index (χ0) is 24.7. The van der Waals surface area contributed by atoms with Gasteiger partial charge in [0.15, 0.2) is 0 Å². The molecule has 4 rings (SSSR count). The SMILES string of the molecule is CCOc1ccc(C2(CNC(=O)CCc3nc(-c4ccc(C(C)C)cc4)no3)CCOCC2)cc1. The number of hydrogen-bond donors (Lipinski definition) is 1. The summed E-state index contributed by atoms with van der Waals surface area (Å²) in [6.07, 6.45) is 2.43. The molecule has 0 unspecified atom stereocenters. The lowest BCUT2D eigenvalue weighted by molar-refractivity contribution is -0.121. The van der Waals surface area contributed by atoms with E-state index in [1.807, 2.05) is 31.2 Å². The molecule has 0 spiro atoms. The first-order valence-electron chi connectivity index (χ1n) is 12.5. The summed E-state index contributed by atoms with van der Waals surface area (Å²) in [4.78, 5) is 17.2. The van der Waals surface area contributed by atoms with Crippen molar-refractivity contribution in [3.63, 3.8) is 0 Å². The van der Waals surface area contributed by atoms with Crippen molar-refractivity contribution in [2.75, 3.05) is 26.4 Å². The molecule has 3 aromatic rings. The Morgan fingerprint density at radius 1 is 1.09 bits per heavy atom. The Bertz CT molecular complexity index is 1080. The Kier molecular flexibility index (Phi) is 8.18. The minimum Gasteiger partial charge on any atom is -0.494 e. The molecule has 1 aliphatic rings. The molecule has 1 N–H and O–H groups in total. The zero-order valence-electron chi connectivity index (χ0n) is 20.9. The summed E-state index contributed by atoms with van der Waals surface area (Å²) in [5, 5.41) is 7.23. The maximum Gasteiger partial charge on any atom is 0.227 e. The van der Waals surface area contributed by atoms with Gasteiger partial charge in [0.2, 0.25) is 17.6 Å². The molecule has 0 atom stereocenters. The number of nitrogens with zero attached hydrogens (tertiary/aromatic N) is 2. The molecule has 0 aliphatic carbocycles. The number of hydrogen-bond acceptors (Lipinski definition) is 6. The molecule has 1 fully saturated rings. The minimum atomic E-state index is -0.140. The molecule has 0 saturated carbocycles. The number of aryl methyl sites for hydroxylation is 1. The van der Waals surface area contributed by atoms with E-state index in [-0.39, 0.29) is 11.3 Å². The van der Waals surface area contributed by atoms with Crippen molar-refractivity contribution >= 4 is 5.91 Å². The second-order valence-corrected chi connectivity index (χ2v) is 9.42. The lowest BCUT2D eigenvalue weighted by atomic mass is 9.74. The summed E-state index contributed by atoms with van der Waals surface area (Å²) >= 11 is 0. The quantitative estimate of drug-likeness (QED) is 0.439. The highest BCUT2D eigenvalue weighted by atomic mass is 16.5. The van der Waals surface area contributed by atoms with E-state index >= 15 is 0 Å². The summed E-state index contributed by atoms with van der Waals surface area (Å²) in [6.45, 7) is 8.88. The van der Waals surface area contributed by atoms with Crippen LogP contribution in [0.3, 0.4) is 0 Å². The number of amides is 1. The van der Waals surface area contributed by atoms with Crippen LogP contribution in [-0.4, -0.2) is 42.4 Å². The number of aromatic nitrogens is 2. The molecule has 2 aromatic carbocycles. The highest BCUT2D eigenvalue weighted by molar-refractivity contribution is 5.76. The monoisotopic (exact) mass is 477 g/mol. The molecule has 2 heterocycles. The number of benzene rings is 2. The molecule has 0 bridgehead atoms. The number of rotatable bonds is 10. The van der Waals surface area contributed by atoms with Crippen molar-refractivity contribution in [3.05, 3.63) is 65.5 Å². The van der Waals surface area contributed by atoms with Gasteiger partial charge in [-0.15, -0.1) is 0 Å². The van der Waals surface area contributed by atoms with Gasteiger partial charge in [0.25, 0.3) is 0 Å². The molecule has 186 valence electrons. The fourth-order valence-electron chi connectivity index (χ4n) is 4.47. The van der Waals surface area contributed by atoms with Crippen LogP contribution in [0.15, 0.2) is 53.1 Å². The molecule has 35 heavy (non-hydrogen) atoms. The van der Waals surface area contributed by atoms with Crippen molar-refractivity contribution in [3.8, 4) is 17.1 Å². The minimum absolute atomic E-state index is 0.0251. The van der Waals surface area contributed by atoms with Crippen LogP contribution in [0.1, 0.15) is 63.0 Å². The van der Waals surface area contributed by atoms with E-state index in [0.717, 1.165) is 24.2 Å². The predicted octanol–water partition coefficient (Wildman–Crippen LogP) is 5.06. The average molecular weight is 478 g/mol. The Labute approximate surface area is 207 Å². The van der Waals surface area contributed by atoms with E-state index in [0.29, 0.717) is 56.8 Å². The summed E-state index contributed by atoms with van der Waals surface area (Å²) in [5.41, 5.74) is 3.24. The highest BCUT2D eigenvalue weighted by Gasteiger charge is 2.35. The first-order valence-corrected chi connectivity index (χ1v) is 12.5. The molecular weight excluding hydrogens is 442 g/mol. The highest BCUT2D eigenvalue weighted by Crippen LogP contribution is 2.35. The molecule has 1 amide bonds. The third-order valence-electron chi connectivity index (χ3n) is 6.72. The molecule has 1 saturated heterocycles. The van der Waals surface area contributed by atoms with Gasteiger partial charge in [-0.05, 0) is 48.9 Å². The van der Waals surface area contributed by atoms with Crippen LogP contribution in [0.5, 0.6) is 5.75 Å². The van der Waals surface area contributed by atoms with Gasteiger partial charge >= 0.3 is 0 Å². The van der Waals surface area contributed by atoms with Crippen LogP contribution < -0.4 is 10.1 Å². The standard InChI is InChI=1S/C28H35N3O4/c1-4-34-24-11-9-23(10-12-24)28(15-17-33-18-16-28)19-29-25(32)13-14-26-30-27(31-35-26)22-7-5-21(6-8-22)20(2)3/h5-12,20H,4,13-19H2,1-3H3,(H,29,32). The van der Waals surface area contributed by atoms with E-state index in [1.165, 1.54) is 11.1 Å². The van der Waals surface area contributed by atoms with Crippen LogP contribution in [-0.2, 0) is 21.4 Å². The molecule has 7 heteroatoms. The smallest absolute Gasteiger partial charge is 0.227 e. The van der Waals surface area contributed by atoms with Crippen molar-refractivity contribution in [2.45, 2.75) is 57.8 Å². The van der Waals surface area contributed by atoms with Crippen molar-refractivity contribution < 1.29 is 18.8 Å². The Morgan fingerprint density at radius 2 is 1.80 bits per heavy atom. The maximum atomic E-state index is 12.7. The summed E-state index contributed by atoms with van der Waals surface area (Å²) < 4.78 is 16.6. The largest absolute Gasteiger partial charge is 0.494 e. The zero-order valence-corrected chi connectivity index (χ0v) is 20.9. The fraction of sp³-hybridized carbons (Fsp3) is 0.464. The second kappa shape index (κ2) is 11.5. The van der Waals surface area contributed by atoms with Gasteiger partial charge in [0.1, 0.15) is 5.75 Å². The topological polar surface area (TPSA) is 86.5 Å². The van der Waals surface area contributed by atoms with E-state index in [4.69, 9.17) is 14.0 Å². The van der Waals surface area contributed by atoms with Crippen LogP contribution in [0.4, 0.5) is 0 Å². The van der Waals surface area contributed by atoms with E-state index in [1.54, 1.807) is 0 Å². The Morgan fingerprint density at radius 3 is 2.46 bits per heavy atom. The van der Waals surface area contributed by atoms with E-state index < -0.39 is 0 Å². The average Bonchev–Trinajstić information content (AvgIpc) is 3.37. The molecule has 0 radical (unpaired) electrons. The van der Waals surface area contributed by atoms with Crippen LogP contribution >= 0.6 is 0 Å². The van der Waals surface area contributed by atoms with Crippen molar-refractivity contribution in [1.29, 1.82) is 0 Å². The fourth-order valence-corrected chi connectivity index (χ4v) is 4.47.